The lowest BCUT2D eigenvalue weighted by Crippen LogP contribution is -2.33. The molecule has 0 radical (unpaired) electrons. The number of phosphoric ester groups is 3. The molecule has 0 heterocycles. The van der Waals surface area contributed by atoms with Gasteiger partial charge < -0.3 is 44.9 Å². The molecule has 178 valence electrons. The number of aliphatic hydroxyl groups is 2. The van der Waals surface area contributed by atoms with Crippen LogP contribution in [-0.2, 0) is 27.3 Å². The van der Waals surface area contributed by atoms with Crippen LogP contribution in [0.3, 0.4) is 0 Å². The molecule has 0 atom stereocenters. The summed E-state index contributed by atoms with van der Waals surface area (Å²) >= 11 is 0. The van der Waals surface area contributed by atoms with Crippen LogP contribution in [0.15, 0.2) is 0 Å². The predicted molar refractivity (Wildman–Crippen MR) is 97.5 cm³/mol. The van der Waals surface area contributed by atoms with Crippen LogP contribution in [0.2, 0.25) is 0 Å². The van der Waals surface area contributed by atoms with Crippen LogP contribution < -0.4 is 5.32 Å². The second-order valence-electron chi connectivity index (χ2n) is 5.01. The molecule has 16 nitrogen and oxygen atoms in total. The third kappa shape index (κ3) is 30.5. The lowest BCUT2D eigenvalue weighted by Gasteiger charge is -2.22. The first-order valence-corrected chi connectivity index (χ1v) is 12.5. The van der Waals surface area contributed by atoms with E-state index in [0.29, 0.717) is 13.1 Å². The molecule has 0 fully saturated rings. The minimum atomic E-state index is -4.67. The third-order valence-corrected chi connectivity index (χ3v) is 4.13. The predicted octanol–water partition coefficient (Wildman–Crippen LogP) is -2.82. The molecular formula is C10H29N2O14P3. The first kappa shape index (κ1) is 31.4. The molecule has 0 aromatic carbocycles. The van der Waals surface area contributed by atoms with E-state index in [1.54, 1.807) is 0 Å². The number of hydrogen-bond acceptors (Lipinski definition) is 10. The third-order valence-electron chi connectivity index (χ3n) is 2.58. The summed E-state index contributed by atoms with van der Waals surface area (Å²) in [6, 6.07) is 0. The lowest BCUT2D eigenvalue weighted by atomic mass is 10.4. The van der Waals surface area contributed by atoms with Gasteiger partial charge >= 0.3 is 23.5 Å². The summed E-state index contributed by atoms with van der Waals surface area (Å²) in [6.45, 7) is -0.135. The summed E-state index contributed by atoms with van der Waals surface area (Å²) in [7, 11) is -14.0. The Kier molecular flexibility index (Phi) is 18.2. The van der Waals surface area contributed by atoms with Crippen LogP contribution in [0.1, 0.15) is 0 Å². The normalized spacial score (nSPS) is 12.7. The second kappa shape index (κ2) is 16.8. The van der Waals surface area contributed by atoms with Crippen LogP contribution >= 0.6 is 23.5 Å². The van der Waals surface area contributed by atoms with Gasteiger partial charge in [0.2, 0.25) is 0 Å². The van der Waals surface area contributed by atoms with Crippen molar-refractivity contribution in [3.05, 3.63) is 0 Å². The summed E-state index contributed by atoms with van der Waals surface area (Å²) in [6.07, 6.45) is 0. The topological polar surface area (TPSA) is 256 Å². The largest absolute Gasteiger partial charge is 0.469 e. The number of phosphoric acid groups is 3. The van der Waals surface area contributed by atoms with Crippen LogP contribution in [0, 0.1) is 0 Å². The van der Waals surface area contributed by atoms with E-state index >= 15 is 0 Å². The molecule has 0 aliphatic carbocycles. The van der Waals surface area contributed by atoms with Gasteiger partial charge in [-0.15, -0.1) is 0 Å². The molecule has 19 heteroatoms. The van der Waals surface area contributed by atoms with Crippen molar-refractivity contribution in [3.8, 4) is 0 Å². The van der Waals surface area contributed by atoms with E-state index in [1.165, 1.54) is 4.90 Å². The van der Waals surface area contributed by atoms with E-state index in [9.17, 15) is 13.7 Å². The van der Waals surface area contributed by atoms with Crippen LogP contribution in [0.5, 0.6) is 0 Å². The zero-order chi connectivity index (χ0) is 23.0. The molecule has 0 spiro atoms. The Morgan fingerprint density at radius 3 is 1.10 bits per heavy atom. The Hall–Kier alpha value is 0.170. The zero-order valence-electron chi connectivity index (χ0n) is 15.4. The highest BCUT2D eigenvalue weighted by Gasteiger charge is 2.18. The van der Waals surface area contributed by atoms with Crippen molar-refractivity contribution in [2.24, 2.45) is 0 Å². The first-order valence-electron chi connectivity index (χ1n) is 7.95. The van der Waals surface area contributed by atoms with Crippen molar-refractivity contribution >= 4 is 23.5 Å². The minimum Gasteiger partial charge on any atom is -0.395 e. The molecular weight excluding hydrogens is 465 g/mol. The van der Waals surface area contributed by atoms with E-state index in [1.807, 2.05) is 0 Å². The van der Waals surface area contributed by atoms with Crippen molar-refractivity contribution in [1.29, 1.82) is 0 Å². The van der Waals surface area contributed by atoms with Crippen molar-refractivity contribution < 1.29 is 66.8 Å². The van der Waals surface area contributed by atoms with E-state index in [0.717, 1.165) is 0 Å². The fraction of sp³-hybridized carbons (Fsp3) is 1.00. The van der Waals surface area contributed by atoms with Crippen LogP contribution in [0.25, 0.3) is 0 Å². The Morgan fingerprint density at radius 2 is 0.897 bits per heavy atom. The van der Waals surface area contributed by atoms with Gasteiger partial charge in [-0.05, 0) is 0 Å². The Labute approximate surface area is 167 Å². The molecule has 0 amide bonds. The molecule has 0 aromatic heterocycles. The zero-order valence-corrected chi connectivity index (χ0v) is 18.1. The molecule has 0 aliphatic rings. The van der Waals surface area contributed by atoms with Gasteiger partial charge in [-0.3, -0.25) is 18.5 Å². The highest BCUT2D eigenvalue weighted by atomic mass is 31.2. The van der Waals surface area contributed by atoms with Crippen molar-refractivity contribution in [3.63, 3.8) is 0 Å². The maximum Gasteiger partial charge on any atom is 0.469 e. The molecule has 0 saturated heterocycles. The SMILES string of the molecule is O=P(O)(O)OCCN(CCOP(=O)(O)O)CCOP(=O)(O)O.OCCNCCO. The average Bonchev–Trinajstić information content (AvgIpc) is 2.52. The fourth-order valence-corrected chi connectivity index (χ4v) is 2.44. The van der Waals surface area contributed by atoms with Crippen molar-refractivity contribution in [1.82, 2.24) is 10.2 Å². The highest BCUT2D eigenvalue weighted by Crippen LogP contribution is 2.37. The molecule has 29 heavy (non-hydrogen) atoms. The quantitative estimate of drug-likeness (QED) is 0.0774. The van der Waals surface area contributed by atoms with E-state index in [2.05, 4.69) is 18.9 Å². The summed E-state index contributed by atoms with van der Waals surface area (Å²) < 4.78 is 44.1. The molecule has 0 saturated carbocycles. The average molecular weight is 494 g/mol. The monoisotopic (exact) mass is 494 g/mol. The highest BCUT2D eigenvalue weighted by molar-refractivity contribution is 7.46. The van der Waals surface area contributed by atoms with Gasteiger partial charge in [0, 0.05) is 32.7 Å². The van der Waals surface area contributed by atoms with Gasteiger partial charge in [0.1, 0.15) is 0 Å². The Morgan fingerprint density at radius 1 is 0.621 bits per heavy atom. The number of rotatable bonds is 16. The summed E-state index contributed by atoms with van der Waals surface area (Å²) in [5.41, 5.74) is 0. The van der Waals surface area contributed by atoms with Gasteiger partial charge in [0.05, 0.1) is 33.0 Å². The van der Waals surface area contributed by atoms with E-state index in [4.69, 9.17) is 39.6 Å². The van der Waals surface area contributed by atoms with E-state index in [-0.39, 0.29) is 32.8 Å². The van der Waals surface area contributed by atoms with E-state index < -0.39 is 43.3 Å². The molecule has 0 aromatic rings. The molecule has 0 bridgehead atoms. The maximum absolute atomic E-state index is 10.5. The summed E-state index contributed by atoms with van der Waals surface area (Å²) in [5.74, 6) is 0. The molecule has 0 unspecified atom stereocenters. The number of nitrogens with one attached hydrogen (secondary N) is 1. The Balaban J connectivity index is 0. The van der Waals surface area contributed by atoms with Crippen molar-refractivity contribution in [2.75, 3.05) is 65.8 Å². The molecule has 0 aliphatic heterocycles. The van der Waals surface area contributed by atoms with Gasteiger partial charge in [0.15, 0.2) is 0 Å². The fourth-order valence-electron chi connectivity index (χ4n) is 1.49. The Bertz CT molecular complexity index is 463. The van der Waals surface area contributed by atoms with Crippen LogP contribution in [0.4, 0.5) is 0 Å². The van der Waals surface area contributed by atoms with Crippen molar-refractivity contribution in [2.45, 2.75) is 0 Å². The van der Waals surface area contributed by atoms with Gasteiger partial charge in [0.25, 0.3) is 0 Å². The smallest absolute Gasteiger partial charge is 0.395 e. The summed E-state index contributed by atoms with van der Waals surface area (Å²) in [4.78, 5) is 52.4. The minimum absolute atomic E-state index is 0.0971. The molecule has 9 N–H and O–H groups in total. The van der Waals surface area contributed by atoms with Gasteiger partial charge in [-0.2, -0.15) is 0 Å². The summed E-state index contributed by atoms with van der Waals surface area (Å²) in [5, 5.41) is 19.1. The number of hydrogen-bond donors (Lipinski definition) is 9. The lowest BCUT2D eigenvalue weighted by molar-refractivity contribution is 0.116. The second-order valence-corrected chi connectivity index (χ2v) is 8.73. The number of nitrogens with zero attached hydrogens (tertiary/aromatic N) is 1. The van der Waals surface area contributed by atoms with Crippen LogP contribution in [-0.4, -0.2) is 110 Å². The van der Waals surface area contributed by atoms with Gasteiger partial charge in [-0.1, -0.05) is 0 Å². The molecule has 0 rings (SSSR count). The standard InChI is InChI=1S/C6H18NO12P3.C4H11NO2/c8-20(9,10)17-4-1-7(2-5-18-21(11,12)13)3-6-19-22(14,15)16;6-3-1-5-2-4-7/h1-6H2,(H2,8,9,10)(H2,11,12,13)(H2,14,15,16);5-7H,1-4H2. The first-order chi connectivity index (χ1) is 13.2. The number of aliphatic hydroxyl groups excluding tert-OH is 2. The van der Waals surface area contributed by atoms with Gasteiger partial charge in [-0.25, -0.2) is 13.7 Å². The maximum atomic E-state index is 10.5.